The molecule has 2 aromatic carbocycles. The van der Waals surface area contributed by atoms with Crippen LogP contribution < -0.4 is 9.47 Å². The lowest BCUT2D eigenvalue weighted by molar-refractivity contribution is -0.144. The van der Waals surface area contributed by atoms with Crippen LogP contribution >= 0.6 is 11.6 Å². The smallest absolute Gasteiger partial charge is 0.306 e. The summed E-state index contributed by atoms with van der Waals surface area (Å²) in [6, 6.07) is 12.7. The number of halogens is 1. The van der Waals surface area contributed by atoms with Crippen LogP contribution in [0.15, 0.2) is 42.5 Å². The number of carbonyl (C=O) groups excluding carboxylic acids is 1. The molecule has 0 N–H and O–H groups in total. The third kappa shape index (κ3) is 5.18. The first-order valence-corrected chi connectivity index (χ1v) is 7.61. The number of esters is 1. The van der Waals surface area contributed by atoms with Crippen LogP contribution in [0.4, 0.5) is 0 Å². The molecule has 2 rings (SSSR count). The highest BCUT2D eigenvalue weighted by atomic mass is 35.5. The van der Waals surface area contributed by atoms with Gasteiger partial charge < -0.3 is 14.2 Å². The number of ether oxygens (including phenoxy) is 3. The summed E-state index contributed by atoms with van der Waals surface area (Å²) in [5.41, 5.74) is 1.82. The van der Waals surface area contributed by atoms with Gasteiger partial charge in [-0.3, -0.25) is 4.79 Å². The van der Waals surface area contributed by atoms with Crippen LogP contribution in [-0.4, -0.2) is 20.2 Å². The zero-order chi connectivity index (χ0) is 16.7. The summed E-state index contributed by atoms with van der Waals surface area (Å²) in [7, 11) is 3.20. The quantitative estimate of drug-likeness (QED) is 0.717. The average molecular weight is 335 g/mol. The van der Waals surface area contributed by atoms with Gasteiger partial charge in [0, 0.05) is 11.4 Å². The third-order valence-electron chi connectivity index (χ3n) is 3.40. The van der Waals surface area contributed by atoms with Crippen LogP contribution in [0.1, 0.15) is 17.5 Å². The molecule has 0 aliphatic heterocycles. The Balaban J connectivity index is 1.87. The van der Waals surface area contributed by atoms with E-state index in [0.29, 0.717) is 11.4 Å². The van der Waals surface area contributed by atoms with Gasteiger partial charge in [0.1, 0.15) is 18.1 Å². The molecule has 0 saturated carbocycles. The molecule has 0 bridgehead atoms. The number of aryl methyl sites for hydroxylation is 1. The highest BCUT2D eigenvalue weighted by molar-refractivity contribution is 6.30. The number of methoxy groups -OCH3 is 2. The van der Waals surface area contributed by atoms with Gasteiger partial charge >= 0.3 is 5.97 Å². The maximum atomic E-state index is 11.9. The minimum Gasteiger partial charge on any atom is -0.497 e. The Kier molecular flexibility index (Phi) is 6.29. The number of hydrogen-bond acceptors (Lipinski definition) is 4. The van der Waals surface area contributed by atoms with Gasteiger partial charge in [0.05, 0.1) is 14.2 Å². The van der Waals surface area contributed by atoms with Gasteiger partial charge in [-0.05, 0) is 47.9 Å². The summed E-state index contributed by atoms with van der Waals surface area (Å²) in [6.07, 6.45) is 0.803. The Morgan fingerprint density at radius 2 is 1.78 bits per heavy atom. The van der Waals surface area contributed by atoms with Crippen molar-refractivity contribution >= 4 is 17.6 Å². The van der Waals surface area contributed by atoms with Crippen LogP contribution in [0.3, 0.4) is 0 Å². The Morgan fingerprint density at radius 1 is 1.04 bits per heavy atom. The van der Waals surface area contributed by atoms with E-state index >= 15 is 0 Å². The average Bonchev–Trinajstić information content (AvgIpc) is 2.59. The maximum absolute atomic E-state index is 11.9. The van der Waals surface area contributed by atoms with Crippen molar-refractivity contribution in [3.8, 4) is 11.5 Å². The molecule has 0 radical (unpaired) electrons. The predicted octanol–water partition coefficient (Wildman–Crippen LogP) is 4.03. The molecular formula is C18H19ClO4. The van der Waals surface area contributed by atoms with E-state index in [1.165, 1.54) is 0 Å². The summed E-state index contributed by atoms with van der Waals surface area (Å²) in [4.78, 5) is 11.9. The topological polar surface area (TPSA) is 44.8 Å². The van der Waals surface area contributed by atoms with Gasteiger partial charge in [0.25, 0.3) is 0 Å². The van der Waals surface area contributed by atoms with Gasteiger partial charge in [0.15, 0.2) is 0 Å². The van der Waals surface area contributed by atoms with Crippen molar-refractivity contribution in [1.29, 1.82) is 0 Å². The van der Waals surface area contributed by atoms with Crippen LogP contribution in [-0.2, 0) is 22.6 Å². The van der Waals surface area contributed by atoms with Crippen LogP contribution in [0.25, 0.3) is 0 Å². The number of hydrogen-bond donors (Lipinski definition) is 0. The summed E-state index contributed by atoms with van der Waals surface area (Å²) in [5.74, 6) is 1.21. The monoisotopic (exact) mass is 334 g/mol. The van der Waals surface area contributed by atoms with E-state index in [2.05, 4.69) is 0 Å². The zero-order valence-electron chi connectivity index (χ0n) is 13.2. The van der Waals surface area contributed by atoms with Gasteiger partial charge in [0.2, 0.25) is 0 Å². The molecule has 0 aromatic heterocycles. The molecule has 0 aliphatic rings. The number of carbonyl (C=O) groups is 1. The first kappa shape index (κ1) is 17.2. The van der Waals surface area contributed by atoms with Gasteiger partial charge in [-0.15, -0.1) is 0 Å². The fourth-order valence-corrected chi connectivity index (χ4v) is 2.26. The first-order valence-electron chi connectivity index (χ1n) is 7.23. The van der Waals surface area contributed by atoms with Crippen molar-refractivity contribution in [3.63, 3.8) is 0 Å². The fraction of sp³-hybridized carbons (Fsp3) is 0.278. The Hall–Kier alpha value is -2.20. The highest BCUT2D eigenvalue weighted by Crippen LogP contribution is 2.25. The SMILES string of the molecule is COc1ccc(OC)c(CCC(=O)OCc2ccc(Cl)cc2)c1. The second-order valence-electron chi connectivity index (χ2n) is 4.96. The third-order valence-corrected chi connectivity index (χ3v) is 3.65. The molecule has 0 heterocycles. The molecule has 0 spiro atoms. The van der Waals surface area contributed by atoms with Crippen molar-refractivity contribution in [2.75, 3.05) is 14.2 Å². The molecule has 0 saturated heterocycles. The first-order chi connectivity index (χ1) is 11.1. The van der Waals surface area contributed by atoms with E-state index in [9.17, 15) is 4.79 Å². The summed E-state index contributed by atoms with van der Waals surface area (Å²) in [6.45, 7) is 0.241. The molecule has 0 unspecified atom stereocenters. The van der Waals surface area contributed by atoms with E-state index in [1.807, 2.05) is 30.3 Å². The second kappa shape index (κ2) is 8.44. The van der Waals surface area contributed by atoms with Crippen molar-refractivity contribution < 1.29 is 19.0 Å². The summed E-state index contributed by atoms with van der Waals surface area (Å²) in [5, 5.41) is 0.658. The van der Waals surface area contributed by atoms with E-state index in [1.54, 1.807) is 26.4 Å². The molecular weight excluding hydrogens is 316 g/mol. The van der Waals surface area contributed by atoms with Crippen LogP contribution in [0, 0.1) is 0 Å². The predicted molar refractivity (Wildman–Crippen MR) is 89.1 cm³/mol. The van der Waals surface area contributed by atoms with Crippen molar-refractivity contribution in [3.05, 3.63) is 58.6 Å². The number of rotatable bonds is 7. The molecule has 23 heavy (non-hydrogen) atoms. The number of benzene rings is 2. The van der Waals surface area contributed by atoms with E-state index in [-0.39, 0.29) is 19.0 Å². The largest absolute Gasteiger partial charge is 0.497 e. The fourth-order valence-electron chi connectivity index (χ4n) is 2.13. The highest BCUT2D eigenvalue weighted by Gasteiger charge is 2.09. The Bertz CT molecular complexity index is 653. The van der Waals surface area contributed by atoms with Crippen LogP contribution in [0.2, 0.25) is 5.02 Å². The minimum atomic E-state index is -0.259. The van der Waals surface area contributed by atoms with Crippen molar-refractivity contribution in [2.24, 2.45) is 0 Å². The van der Waals surface area contributed by atoms with Gasteiger partial charge in [-0.1, -0.05) is 23.7 Å². The second-order valence-corrected chi connectivity index (χ2v) is 5.40. The van der Waals surface area contributed by atoms with E-state index in [0.717, 1.165) is 22.6 Å². The molecule has 0 amide bonds. The minimum absolute atomic E-state index is 0.241. The molecule has 0 aliphatic carbocycles. The molecule has 0 atom stereocenters. The maximum Gasteiger partial charge on any atom is 0.306 e. The normalized spacial score (nSPS) is 10.2. The van der Waals surface area contributed by atoms with Crippen molar-refractivity contribution in [2.45, 2.75) is 19.4 Å². The summed E-state index contributed by atoms with van der Waals surface area (Å²) < 4.78 is 15.8. The Morgan fingerprint density at radius 3 is 2.43 bits per heavy atom. The lowest BCUT2D eigenvalue weighted by Gasteiger charge is -2.10. The Labute approximate surface area is 140 Å². The lowest BCUT2D eigenvalue weighted by atomic mass is 10.1. The molecule has 122 valence electrons. The molecule has 4 nitrogen and oxygen atoms in total. The van der Waals surface area contributed by atoms with E-state index in [4.69, 9.17) is 25.8 Å². The van der Waals surface area contributed by atoms with E-state index < -0.39 is 0 Å². The van der Waals surface area contributed by atoms with Crippen LogP contribution in [0.5, 0.6) is 11.5 Å². The van der Waals surface area contributed by atoms with Crippen molar-refractivity contribution in [1.82, 2.24) is 0 Å². The standard InChI is InChI=1S/C18H19ClO4/c1-21-16-8-9-17(22-2)14(11-16)5-10-18(20)23-12-13-3-6-15(19)7-4-13/h3-4,6-9,11H,5,10,12H2,1-2H3. The lowest BCUT2D eigenvalue weighted by Crippen LogP contribution is -2.06. The molecule has 5 heteroatoms. The molecule has 2 aromatic rings. The zero-order valence-corrected chi connectivity index (χ0v) is 13.9. The summed E-state index contributed by atoms with van der Waals surface area (Å²) >= 11 is 5.82. The van der Waals surface area contributed by atoms with Gasteiger partial charge in [-0.2, -0.15) is 0 Å². The molecule has 0 fully saturated rings. The van der Waals surface area contributed by atoms with Gasteiger partial charge in [-0.25, -0.2) is 0 Å².